The molecule has 0 aliphatic carbocycles. The summed E-state index contributed by atoms with van der Waals surface area (Å²) in [5, 5.41) is 0. The number of nitrogens with zero attached hydrogens (tertiary/aromatic N) is 2. The van der Waals surface area contributed by atoms with Gasteiger partial charge in [0.15, 0.2) is 0 Å². The van der Waals surface area contributed by atoms with E-state index >= 15 is 0 Å². The highest BCUT2D eigenvalue weighted by atomic mass is 35.5. The van der Waals surface area contributed by atoms with Gasteiger partial charge >= 0.3 is 0 Å². The van der Waals surface area contributed by atoms with Gasteiger partial charge in [-0.25, -0.2) is 13.4 Å². The molecule has 0 aliphatic heterocycles. The van der Waals surface area contributed by atoms with Crippen LogP contribution in [0.2, 0.25) is 4.34 Å². The third-order valence-electron chi connectivity index (χ3n) is 3.50. The lowest BCUT2D eigenvalue weighted by Crippen LogP contribution is -2.17. The number of aromatic nitrogens is 1. The number of rotatable bonds is 6. The second-order valence-corrected chi connectivity index (χ2v) is 8.77. The highest BCUT2D eigenvalue weighted by Gasteiger charge is 2.17. The van der Waals surface area contributed by atoms with Crippen LogP contribution in [0.3, 0.4) is 0 Å². The molecule has 0 spiro atoms. The van der Waals surface area contributed by atoms with E-state index in [4.69, 9.17) is 11.6 Å². The fourth-order valence-corrected chi connectivity index (χ4v) is 4.85. The first-order valence-electron chi connectivity index (χ1n) is 7.56. The molecule has 8 heteroatoms. The first-order chi connectivity index (χ1) is 12.0. The predicted molar refractivity (Wildman–Crippen MR) is 103 cm³/mol. The third-order valence-corrected chi connectivity index (χ3v) is 6.57. The molecule has 3 aromatic rings. The average molecular weight is 394 g/mol. The van der Waals surface area contributed by atoms with Gasteiger partial charge in [0.2, 0.25) is 0 Å². The van der Waals surface area contributed by atoms with Crippen LogP contribution in [-0.4, -0.2) is 19.9 Å². The Bertz CT molecular complexity index is 942. The van der Waals surface area contributed by atoms with Crippen molar-refractivity contribution in [2.45, 2.75) is 11.1 Å². The summed E-state index contributed by atoms with van der Waals surface area (Å²) in [6.07, 6.45) is 1.65. The molecule has 1 N–H and O–H groups in total. The summed E-state index contributed by atoms with van der Waals surface area (Å²) in [5.74, 6) is 0.261. The van der Waals surface area contributed by atoms with Crippen molar-refractivity contribution in [1.29, 1.82) is 0 Å². The highest BCUT2D eigenvalue weighted by molar-refractivity contribution is 7.94. The summed E-state index contributed by atoms with van der Waals surface area (Å²) in [7, 11) is -3.68. The van der Waals surface area contributed by atoms with Crippen LogP contribution >= 0.6 is 22.9 Å². The molecule has 0 unspecified atom stereocenters. The predicted octanol–water partition coefficient (Wildman–Crippen LogP) is 4.76. The second kappa shape index (κ2) is 7.43. The van der Waals surface area contributed by atoms with Crippen molar-refractivity contribution in [3.63, 3.8) is 0 Å². The van der Waals surface area contributed by atoms with Crippen LogP contribution in [0.1, 0.15) is 6.92 Å². The Morgan fingerprint density at radius 3 is 2.40 bits per heavy atom. The average Bonchev–Trinajstić information content (AvgIpc) is 3.05. The van der Waals surface area contributed by atoms with E-state index < -0.39 is 10.0 Å². The zero-order valence-corrected chi connectivity index (χ0v) is 15.8. The Morgan fingerprint density at radius 2 is 1.84 bits per heavy atom. The summed E-state index contributed by atoms with van der Waals surface area (Å²) in [4.78, 5) is 6.32. The molecule has 0 saturated heterocycles. The maximum Gasteiger partial charge on any atom is 0.272 e. The van der Waals surface area contributed by atoms with Crippen LogP contribution in [0, 0.1) is 0 Å². The number of sulfonamides is 1. The van der Waals surface area contributed by atoms with Crippen LogP contribution in [-0.2, 0) is 10.0 Å². The standard InChI is InChI=1S/C17H16ClN3O2S2/c1-2-21(13-6-4-3-5-7-13)14-8-10-16(19-12-14)20-25(22,23)17-11-9-15(18)24-17/h3-12H,2H2,1H3,(H,19,20). The quantitative estimate of drug-likeness (QED) is 0.656. The first kappa shape index (κ1) is 17.7. The molecule has 0 saturated carbocycles. The molecule has 130 valence electrons. The number of hydrogen-bond acceptors (Lipinski definition) is 5. The van der Waals surface area contributed by atoms with Crippen molar-refractivity contribution >= 4 is 50.2 Å². The van der Waals surface area contributed by atoms with E-state index in [1.54, 1.807) is 18.3 Å². The zero-order valence-electron chi connectivity index (χ0n) is 13.4. The van der Waals surface area contributed by atoms with Gasteiger partial charge in [0.1, 0.15) is 10.0 Å². The number of nitrogens with one attached hydrogen (secondary N) is 1. The van der Waals surface area contributed by atoms with Crippen molar-refractivity contribution in [1.82, 2.24) is 4.98 Å². The minimum Gasteiger partial charge on any atom is -0.341 e. The number of pyridine rings is 1. The molecule has 0 aliphatic rings. The molecule has 0 bridgehead atoms. The minimum atomic E-state index is -3.68. The number of hydrogen-bond donors (Lipinski definition) is 1. The van der Waals surface area contributed by atoms with Gasteiger partial charge in [-0.05, 0) is 43.3 Å². The maximum absolute atomic E-state index is 12.3. The van der Waals surface area contributed by atoms with Crippen LogP contribution in [0.4, 0.5) is 17.2 Å². The summed E-state index contributed by atoms with van der Waals surface area (Å²) in [5.41, 5.74) is 1.93. The largest absolute Gasteiger partial charge is 0.341 e. The van der Waals surface area contributed by atoms with E-state index in [0.717, 1.165) is 29.3 Å². The number of anilines is 3. The Kier molecular flexibility index (Phi) is 5.27. The summed E-state index contributed by atoms with van der Waals surface area (Å²) in [6, 6.07) is 16.4. The lowest BCUT2D eigenvalue weighted by atomic mass is 10.2. The Hall–Kier alpha value is -2.09. The van der Waals surface area contributed by atoms with Gasteiger partial charge in [-0.2, -0.15) is 0 Å². The minimum absolute atomic E-state index is 0.155. The second-order valence-electron chi connectivity index (χ2n) is 5.15. The molecular weight excluding hydrogens is 378 g/mol. The van der Waals surface area contributed by atoms with Crippen LogP contribution < -0.4 is 9.62 Å². The van der Waals surface area contributed by atoms with Crippen molar-refractivity contribution in [2.24, 2.45) is 0 Å². The fraction of sp³-hybridized carbons (Fsp3) is 0.118. The summed E-state index contributed by atoms with van der Waals surface area (Å²) >= 11 is 6.81. The van der Waals surface area contributed by atoms with Gasteiger partial charge in [0, 0.05) is 12.2 Å². The van der Waals surface area contributed by atoms with Gasteiger partial charge in [0.05, 0.1) is 16.2 Å². The number of para-hydroxylation sites is 1. The van der Waals surface area contributed by atoms with E-state index in [1.165, 1.54) is 6.07 Å². The maximum atomic E-state index is 12.3. The van der Waals surface area contributed by atoms with Crippen LogP contribution in [0.15, 0.2) is 65.0 Å². The van der Waals surface area contributed by atoms with Gasteiger partial charge < -0.3 is 4.90 Å². The van der Waals surface area contributed by atoms with Crippen molar-refractivity contribution < 1.29 is 8.42 Å². The summed E-state index contributed by atoms with van der Waals surface area (Å²) < 4.78 is 27.6. The molecule has 5 nitrogen and oxygen atoms in total. The van der Waals surface area contributed by atoms with Gasteiger partial charge in [-0.3, -0.25) is 4.72 Å². The molecule has 0 radical (unpaired) electrons. The van der Waals surface area contributed by atoms with E-state index in [9.17, 15) is 8.42 Å². The van der Waals surface area contributed by atoms with E-state index in [2.05, 4.69) is 14.6 Å². The van der Waals surface area contributed by atoms with Crippen molar-refractivity contribution in [3.05, 3.63) is 65.1 Å². The number of halogens is 1. The third kappa shape index (κ3) is 4.12. The molecule has 25 heavy (non-hydrogen) atoms. The molecule has 3 rings (SSSR count). The number of thiophene rings is 1. The molecule has 2 heterocycles. The topological polar surface area (TPSA) is 62.3 Å². The van der Waals surface area contributed by atoms with E-state index in [1.807, 2.05) is 43.3 Å². The smallest absolute Gasteiger partial charge is 0.272 e. The molecule has 0 atom stereocenters. The zero-order chi connectivity index (χ0) is 17.9. The lowest BCUT2D eigenvalue weighted by Gasteiger charge is -2.23. The Morgan fingerprint density at radius 1 is 1.08 bits per heavy atom. The normalized spacial score (nSPS) is 11.3. The van der Waals surface area contributed by atoms with Gasteiger partial charge in [0.25, 0.3) is 10.0 Å². The number of benzene rings is 1. The molecule has 0 amide bonds. The van der Waals surface area contributed by atoms with E-state index in [-0.39, 0.29) is 10.0 Å². The molecule has 0 fully saturated rings. The molecular formula is C17H16ClN3O2S2. The monoisotopic (exact) mass is 393 g/mol. The van der Waals surface area contributed by atoms with Crippen LogP contribution in [0.5, 0.6) is 0 Å². The highest BCUT2D eigenvalue weighted by Crippen LogP contribution is 2.28. The van der Waals surface area contributed by atoms with Gasteiger partial charge in [-0.1, -0.05) is 29.8 Å². The molecule has 1 aromatic carbocycles. The van der Waals surface area contributed by atoms with Crippen molar-refractivity contribution in [3.8, 4) is 0 Å². The van der Waals surface area contributed by atoms with Gasteiger partial charge in [-0.15, -0.1) is 11.3 Å². The van der Waals surface area contributed by atoms with Crippen LogP contribution in [0.25, 0.3) is 0 Å². The first-order valence-corrected chi connectivity index (χ1v) is 10.2. The lowest BCUT2D eigenvalue weighted by molar-refractivity contribution is 0.603. The fourth-order valence-electron chi connectivity index (χ4n) is 2.36. The Labute approximate surface area is 156 Å². The SMILES string of the molecule is CCN(c1ccccc1)c1ccc(NS(=O)(=O)c2ccc(Cl)s2)nc1. The van der Waals surface area contributed by atoms with E-state index in [0.29, 0.717) is 4.34 Å². The molecule has 2 aromatic heterocycles. The Balaban J connectivity index is 1.80. The van der Waals surface area contributed by atoms with Crippen molar-refractivity contribution in [2.75, 3.05) is 16.2 Å². The summed E-state index contributed by atoms with van der Waals surface area (Å²) in [6.45, 7) is 2.81.